The Morgan fingerprint density at radius 1 is 0.840 bits per heavy atom. The molecule has 0 spiro atoms. The lowest BCUT2D eigenvalue weighted by molar-refractivity contribution is 0.418. The molecule has 0 bridgehead atoms. The molecule has 2 aromatic rings. The molecule has 0 fully saturated rings. The highest BCUT2D eigenvalue weighted by Gasteiger charge is 2.26. The van der Waals surface area contributed by atoms with Crippen molar-refractivity contribution in [2.45, 2.75) is 38.3 Å². The van der Waals surface area contributed by atoms with Crippen LogP contribution < -0.4 is 10.0 Å². The third-order valence-corrected chi connectivity index (χ3v) is 4.82. The molecule has 0 aliphatic rings. The van der Waals surface area contributed by atoms with E-state index in [9.17, 15) is 8.42 Å². The van der Waals surface area contributed by atoms with Gasteiger partial charge < -0.3 is 5.32 Å². The van der Waals surface area contributed by atoms with E-state index in [0.29, 0.717) is 0 Å². The van der Waals surface area contributed by atoms with Crippen LogP contribution in [0.25, 0.3) is 0 Å². The van der Waals surface area contributed by atoms with Crippen LogP contribution >= 0.6 is 0 Å². The van der Waals surface area contributed by atoms with Crippen molar-refractivity contribution in [1.29, 1.82) is 0 Å². The topological polar surface area (TPSA) is 58.2 Å². The molecule has 0 aromatic heterocycles. The molecule has 2 N–H and O–H groups in total. The second-order valence-electron chi connectivity index (χ2n) is 6.33. The fourth-order valence-electron chi connectivity index (χ4n) is 2.94. The van der Waals surface area contributed by atoms with Gasteiger partial charge in [0.2, 0.25) is 10.0 Å². The van der Waals surface area contributed by atoms with Gasteiger partial charge in [0.25, 0.3) is 0 Å². The summed E-state index contributed by atoms with van der Waals surface area (Å²) in [5, 5.41) is 3.57. The monoisotopic (exact) mass is 360 g/mol. The van der Waals surface area contributed by atoms with E-state index in [0.717, 1.165) is 36.9 Å². The minimum absolute atomic E-state index is 0.129. The van der Waals surface area contributed by atoms with Crippen LogP contribution in [-0.2, 0) is 10.0 Å². The van der Waals surface area contributed by atoms with Gasteiger partial charge in [0.1, 0.15) is 0 Å². The molecular weight excluding hydrogens is 332 g/mol. The Morgan fingerprint density at radius 2 is 1.36 bits per heavy atom. The molecular formula is C20H28N2O2S. The first-order valence-electron chi connectivity index (χ1n) is 8.82. The van der Waals surface area contributed by atoms with Gasteiger partial charge in [-0.05, 0) is 24.1 Å². The Morgan fingerprint density at radius 3 is 1.84 bits per heavy atom. The number of sulfonamides is 1. The molecule has 0 radical (unpaired) electrons. The quantitative estimate of drug-likeness (QED) is 0.634. The van der Waals surface area contributed by atoms with E-state index in [-0.39, 0.29) is 12.1 Å². The summed E-state index contributed by atoms with van der Waals surface area (Å²) >= 11 is 0. The number of nitrogens with one attached hydrogen (secondary N) is 2. The fraction of sp³-hybridized carbons (Fsp3) is 0.400. The summed E-state index contributed by atoms with van der Waals surface area (Å²) in [6.07, 6.45) is 4.59. The fourth-order valence-corrected chi connectivity index (χ4v) is 3.67. The normalized spacial score (nSPS) is 14.2. The number of benzene rings is 2. The molecule has 0 amide bonds. The standard InChI is InChI=1S/C20H28N2O2S/c1-3-4-11-16-21-19(17-12-7-5-8-13-17)20(22-25(2,23)24)18-14-9-6-10-15-18/h5-10,12-15,19-22H,3-4,11,16H2,1-2H3/t19?,20-/m0/s1. The zero-order chi connectivity index (χ0) is 18.1. The lowest BCUT2D eigenvalue weighted by Gasteiger charge is -2.29. The Kier molecular flexibility index (Phi) is 7.62. The lowest BCUT2D eigenvalue weighted by Crippen LogP contribution is -2.38. The van der Waals surface area contributed by atoms with Crippen LogP contribution in [-0.4, -0.2) is 21.2 Å². The van der Waals surface area contributed by atoms with E-state index >= 15 is 0 Å². The van der Waals surface area contributed by atoms with Gasteiger partial charge >= 0.3 is 0 Å². The van der Waals surface area contributed by atoms with Crippen molar-refractivity contribution in [3.8, 4) is 0 Å². The molecule has 2 aromatic carbocycles. The molecule has 4 nitrogen and oxygen atoms in total. The van der Waals surface area contributed by atoms with Crippen molar-refractivity contribution in [1.82, 2.24) is 10.0 Å². The van der Waals surface area contributed by atoms with Gasteiger partial charge in [0.05, 0.1) is 18.3 Å². The Balaban J connectivity index is 2.34. The van der Waals surface area contributed by atoms with E-state index in [1.807, 2.05) is 60.7 Å². The third-order valence-electron chi connectivity index (χ3n) is 4.14. The van der Waals surface area contributed by atoms with E-state index in [2.05, 4.69) is 17.0 Å². The van der Waals surface area contributed by atoms with E-state index in [1.54, 1.807) is 0 Å². The summed E-state index contributed by atoms with van der Waals surface area (Å²) < 4.78 is 26.8. The zero-order valence-electron chi connectivity index (χ0n) is 15.0. The SMILES string of the molecule is CCCCCNC(c1ccccc1)[C@@H](NS(C)(=O)=O)c1ccccc1. The van der Waals surface area contributed by atoms with Gasteiger partial charge in [0, 0.05) is 0 Å². The van der Waals surface area contributed by atoms with Crippen LogP contribution in [0.1, 0.15) is 49.4 Å². The van der Waals surface area contributed by atoms with Gasteiger partial charge in [-0.25, -0.2) is 13.1 Å². The van der Waals surface area contributed by atoms with Crippen molar-refractivity contribution in [3.63, 3.8) is 0 Å². The average molecular weight is 361 g/mol. The summed E-state index contributed by atoms with van der Waals surface area (Å²) in [5.41, 5.74) is 2.02. The number of rotatable bonds is 10. The van der Waals surface area contributed by atoms with Crippen molar-refractivity contribution < 1.29 is 8.42 Å². The highest BCUT2D eigenvalue weighted by atomic mass is 32.2. The second-order valence-corrected chi connectivity index (χ2v) is 8.11. The molecule has 0 aliphatic carbocycles. The van der Waals surface area contributed by atoms with Gasteiger partial charge in [-0.3, -0.25) is 0 Å². The molecule has 0 aliphatic heterocycles. The van der Waals surface area contributed by atoms with Crippen molar-refractivity contribution >= 4 is 10.0 Å². The van der Waals surface area contributed by atoms with Gasteiger partial charge in [-0.1, -0.05) is 80.4 Å². The summed E-state index contributed by atoms with van der Waals surface area (Å²) in [6.45, 7) is 3.02. The van der Waals surface area contributed by atoms with E-state index in [1.165, 1.54) is 6.26 Å². The van der Waals surface area contributed by atoms with Crippen LogP contribution in [0.3, 0.4) is 0 Å². The maximum atomic E-state index is 12.0. The van der Waals surface area contributed by atoms with Crippen LogP contribution in [0.5, 0.6) is 0 Å². The molecule has 25 heavy (non-hydrogen) atoms. The second kappa shape index (κ2) is 9.70. The van der Waals surface area contributed by atoms with Crippen LogP contribution in [0, 0.1) is 0 Å². The zero-order valence-corrected chi connectivity index (χ0v) is 15.8. The van der Waals surface area contributed by atoms with Gasteiger partial charge in [-0.2, -0.15) is 0 Å². The van der Waals surface area contributed by atoms with E-state index < -0.39 is 10.0 Å². The van der Waals surface area contributed by atoms with Crippen molar-refractivity contribution in [2.75, 3.05) is 12.8 Å². The number of unbranched alkanes of at least 4 members (excludes halogenated alkanes) is 2. The number of hydrogen-bond acceptors (Lipinski definition) is 3. The van der Waals surface area contributed by atoms with Crippen LogP contribution in [0.2, 0.25) is 0 Å². The first kappa shape index (κ1) is 19.6. The predicted octanol–water partition coefficient (Wildman–Crippen LogP) is 3.80. The smallest absolute Gasteiger partial charge is 0.209 e. The van der Waals surface area contributed by atoms with Crippen LogP contribution in [0.15, 0.2) is 60.7 Å². The minimum atomic E-state index is -3.35. The first-order chi connectivity index (χ1) is 12.0. The Hall–Kier alpha value is -1.69. The minimum Gasteiger partial charge on any atom is -0.308 e. The molecule has 0 saturated heterocycles. The molecule has 2 atom stereocenters. The number of hydrogen-bond donors (Lipinski definition) is 2. The summed E-state index contributed by atoms with van der Waals surface area (Å²) in [6, 6.07) is 19.3. The molecule has 5 heteroatoms. The predicted molar refractivity (Wildman–Crippen MR) is 104 cm³/mol. The molecule has 0 saturated carbocycles. The van der Waals surface area contributed by atoms with Crippen molar-refractivity contribution in [2.24, 2.45) is 0 Å². The summed E-state index contributed by atoms with van der Waals surface area (Å²) in [4.78, 5) is 0. The highest BCUT2D eigenvalue weighted by Crippen LogP contribution is 2.29. The third kappa shape index (κ3) is 6.61. The first-order valence-corrected chi connectivity index (χ1v) is 10.7. The van der Waals surface area contributed by atoms with Gasteiger partial charge in [-0.15, -0.1) is 0 Å². The summed E-state index contributed by atoms with van der Waals surface area (Å²) in [5.74, 6) is 0. The molecule has 136 valence electrons. The Labute approximate surface area is 151 Å². The highest BCUT2D eigenvalue weighted by molar-refractivity contribution is 7.88. The molecule has 2 rings (SSSR count). The lowest BCUT2D eigenvalue weighted by atomic mass is 9.94. The summed E-state index contributed by atoms with van der Waals surface area (Å²) in [7, 11) is -3.35. The van der Waals surface area contributed by atoms with E-state index in [4.69, 9.17) is 0 Å². The maximum absolute atomic E-state index is 12.0. The average Bonchev–Trinajstić information content (AvgIpc) is 2.61. The van der Waals surface area contributed by atoms with Gasteiger partial charge in [0.15, 0.2) is 0 Å². The largest absolute Gasteiger partial charge is 0.308 e. The Bertz CT molecular complexity index is 718. The molecule has 0 heterocycles. The van der Waals surface area contributed by atoms with Crippen molar-refractivity contribution in [3.05, 3.63) is 71.8 Å². The molecule has 1 unspecified atom stereocenters. The van der Waals surface area contributed by atoms with Crippen LogP contribution in [0.4, 0.5) is 0 Å². The maximum Gasteiger partial charge on any atom is 0.209 e.